The predicted octanol–water partition coefficient (Wildman–Crippen LogP) is 2.76. The SMILES string of the molecule is COC(=O)CC#Cc1ccc(OC)c2ccccc12. The molecule has 0 bridgehead atoms. The maximum atomic E-state index is 11.0. The lowest BCUT2D eigenvalue weighted by Gasteiger charge is -2.06. The van der Waals surface area contributed by atoms with E-state index in [2.05, 4.69) is 16.6 Å². The largest absolute Gasteiger partial charge is 0.496 e. The van der Waals surface area contributed by atoms with E-state index in [1.165, 1.54) is 7.11 Å². The van der Waals surface area contributed by atoms with E-state index < -0.39 is 0 Å². The lowest BCUT2D eigenvalue weighted by Crippen LogP contribution is -1.97. The zero-order valence-corrected chi connectivity index (χ0v) is 10.9. The minimum atomic E-state index is -0.328. The molecule has 96 valence electrons. The lowest BCUT2D eigenvalue weighted by atomic mass is 10.0. The minimum Gasteiger partial charge on any atom is -0.496 e. The van der Waals surface area contributed by atoms with Gasteiger partial charge in [0.1, 0.15) is 12.2 Å². The molecule has 2 rings (SSSR count). The number of esters is 1. The highest BCUT2D eigenvalue weighted by molar-refractivity contribution is 5.93. The first-order chi connectivity index (χ1) is 9.26. The molecule has 0 aliphatic heterocycles. The maximum absolute atomic E-state index is 11.0. The van der Waals surface area contributed by atoms with Gasteiger partial charge in [0.25, 0.3) is 0 Å². The van der Waals surface area contributed by atoms with E-state index in [9.17, 15) is 4.79 Å². The molecule has 0 saturated carbocycles. The Hall–Kier alpha value is -2.47. The summed E-state index contributed by atoms with van der Waals surface area (Å²) in [5, 5.41) is 2.02. The quantitative estimate of drug-likeness (QED) is 0.610. The minimum absolute atomic E-state index is 0.0941. The van der Waals surface area contributed by atoms with Crippen molar-refractivity contribution in [3.8, 4) is 17.6 Å². The van der Waals surface area contributed by atoms with Crippen molar-refractivity contribution in [1.29, 1.82) is 0 Å². The van der Waals surface area contributed by atoms with Crippen molar-refractivity contribution in [2.75, 3.05) is 14.2 Å². The van der Waals surface area contributed by atoms with Crippen LogP contribution < -0.4 is 4.74 Å². The molecular formula is C16H14O3. The molecule has 0 radical (unpaired) electrons. The lowest BCUT2D eigenvalue weighted by molar-refractivity contribution is -0.139. The Kier molecular flexibility index (Phi) is 4.04. The molecule has 0 unspecified atom stereocenters. The predicted molar refractivity (Wildman–Crippen MR) is 74.0 cm³/mol. The van der Waals surface area contributed by atoms with Gasteiger partial charge in [-0.3, -0.25) is 4.79 Å². The van der Waals surface area contributed by atoms with Crippen molar-refractivity contribution in [1.82, 2.24) is 0 Å². The van der Waals surface area contributed by atoms with Gasteiger partial charge in [-0.2, -0.15) is 0 Å². The molecule has 19 heavy (non-hydrogen) atoms. The highest BCUT2D eigenvalue weighted by Gasteiger charge is 2.04. The molecule has 0 atom stereocenters. The second kappa shape index (κ2) is 5.92. The molecule has 0 aromatic heterocycles. The first-order valence-electron chi connectivity index (χ1n) is 5.87. The molecule has 2 aromatic rings. The average molecular weight is 254 g/mol. The van der Waals surface area contributed by atoms with Crippen molar-refractivity contribution >= 4 is 16.7 Å². The zero-order valence-electron chi connectivity index (χ0n) is 10.9. The second-order valence-corrected chi connectivity index (χ2v) is 3.92. The van der Waals surface area contributed by atoms with Crippen LogP contribution in [-0.2, 0) is 9.53 Å². The molecular weight excluding hydrogens is 240 g/mol. The summed E-state index contributed by atoms with van der Waals surface area (Å²) in [6, 6.07) is 11.7. The van der Waals surface area contributed by atoms with Crippen molar-refractivity contribution in [3.05, 3.63) is 42.0 Å². The first kappa shape index (κ1) is 13.0. The third-order valence-electron chi connectivity index (χ3n) is 2.79. The molecule has 3 heteroatoms. The van der Waals surface area contributed by atoms with E-state index in [0.717, 1.165) is 22.1 Å². The van der Waals surface area contributed by atoms with Crippen LogP contribution in [0.25, 0.3) is 10.8 Å². The number of carbonyl (C=O) groups excluding carboxylic acids is 1. The number of rotatable bonds is 2. The van der Waals surface area contributed by atoms with E-state index in [0.29, 0.717) is 0 Å². The van der Waals surface area contributed by atoms with Gasteiger partial charge >= 0.3 is 5.97 Å². The Morgan fingerprint density at radius 3 is 2.53 bits per heavy atom. The standard InChI is InChI=1S/C16H14O3/c1-18-15-11-10-12(6-5-9-16(17)19-2)13-7-3-4-8-14(13)15/h3-4,7-8,10-11H,9H2,1-2H3. The number of ether oxygens (including phenoxy) is 2. The number of hydrogen-bond donors (Lipinski definition) is 0. The van der Waals surface area contributed by atoms with Gasteiger partial charge < -0.3 is 9.47 Å². The maximum Gasteiger partial charge on any atom is 0.317 e. The molecule has 3 nitrogen and oxygen atoms in total. The van der Waals surface area contributed by atoms with Gasteiger partial charge in [0.2, 0.25) is 0 Å². The monoisotopic (exact) mass is 254 g/mol. The van der Waals surface area contributed by atoms with Crippen LogP contribution in [0.4, 0.5) is 0 Å². The molecule has 0 saturated heterocycles. The van der Waals surface area contributed by atoms with Crippen LogP contribution in [0.1, 0.15) is 12.0 Å². The van der Waals surface area contributed by atoms with Gasteiger partial charge in [-0.1, -0.05) is 36.1 Å². The van der Waals surface area contributed by atoms with Gasteiger partial charge in [-0.15, -0.1) is 0 Å². The Morgan fingerprint density at radius 1 is 1.11 bits per heavy atom. The molecule has 0 aliphatic rings. The summed E-state index contributed by atoms with van der Waals surface area (Å²) in [6.45, 7) is 0. The van der Waals surface area contributed by atoms with E-state index in [-0.39, 0.29) is 12.4 Å². The highest BCUT2D eigenvalue weighted by Crippen LogP contribution is 2.27. The normalized spacial score (nSPS) is 9.58. The topological polar surface area (TPSA) is 35.5 Å². The number of benzene rings is 2. The van der Waals surface area contributed by atoms with Gasteiger partial charge in [0.15, 0.2) is 0 Å². The van der Waals surface area contributed by atoms with Gasteiger partial charge in [0, 0.05) is 16.3 Å². The summed E-state index contributed by atoms with van der Waals surface area (Å²) < 4.78 is 9.87. The summed E-state index contributed by atoms with van der Waals surface area (Å²) in [5.74, 6) is 6.30. The summed E-state index contributed by atoms with van der Waals surface area (Å²) in [5.41, 5.74) is 0.875. The Morgan fingerprint density at radius 2 is 1.84 bits per heavy atom. The number of fused-ring (bicyclic) bond motifs is 1. The van der Waals surface area contributed by atoms with Crippen LogP contribution in [0.2, 0.25) is 0 Å². The Bertz CT molecular complexity index is 662. The van der Waals surface area contributed by atoms with Crippen molar-refractivity contribution in [2.45, 2.75) is 6.42 Å². The summed E-state index contributed by atoms with van der Waals surface area (Å²) in [4.78, 5) is 11.0. The van der Waals surface area contributed by atoms with Crippen molar-refractivity contribution in [2.24, 2.45) is 0 Å². The van der Waals surface area contributed by atoms with E-state index in [4.69, 9.17) is 4.74 Å². The van der Waals surface area contributed by atoms with E-state index in [1.807, 2.05) is 36.4 Å². The molecule has 0 amide bonds. The summed E-state index contributed by atoms with van der Waals surface area (Å²) in [7, 11) is 3.00. The van der Waals surface area contributed by atoms with Crippen LogP contribution in [0.5, 0.6) is 5.75 Å². The molecule has 0 N–H and O–H groups in total. The van der Waals surface area contributed by atoms with Gasteiger partial charge in [-0.25, -0.2) is 0 Å². The van der Waals surface area contributed by atoms with Crippen LogP contribution in [0.3, 0.4) is 0 Å². The zero-order chi connectivity index (χ0) is 13.7. The van der Waals surface area contributed by atoms with Gasteiger partial charge in [-0.05, 0) is 12.1 Å². The fourth-order valence-corrected chi connectivity index (χ4v) is 1.84. The van der Waals surface area contributed by atoms with E-state index >= 15 is 0 Å². The second-order valence-electron chi connectivity index (χ2n) is 3.92. The first-order valence-corrected chi connectivity index (χ1v) is 5.87. The number of methoxy groups -OCH3 is 2. The summed E-state index contributed by atoms with van der Waals surface area (Å²) in [6.07, 6.45) is 0.0941. The van der Waals surface area contributed by atoms with Crippen LogP contribution in [0, 0.1) is 11.8 Å². The fraction of sp³-hybridized carbons (Fsp3) is 0.188. The van der Waals surface area contributed by atoms with Crippen molar-refractivity contribution in [3.63, 3.8) is 0 Å². The molecule has 0 heterocycles. The Labute approximate surface area is 112 Å². The van der Waals surface area contributed by atoms with Crippen molar-refractivity contribution < 1.29 is 14.3 Å². The van der Waals surface area contributed by atoms with Crippen LogP contribution in [0.15, 0.2) is 36.4 Å². The molecule has 0 spiro atoms. The number of carbonyl (C=O) groups is 1. The average Bonchev–Trinajstić information content (AvgIpc) is 2.47. The van der Waals surface area contributed by atoms with Crippen LogP contribution >= 0.6 is 0 Å². The van der Waals surface area contributed by atoms with Crippen LogP contribution in [-0.4, -0.2) is 20.2 Å². The summed E-state index contributed by atoms with van der Waals surface area (Å²) >= 11 is 0. The molecule has 0 fully saturated rings. The number of hydrogen-bond acceptors (Lipinski definition) is 3. The third kappa shape index (κ3) is 2.86. The van der Waals surface area contributed by atoms with Gasteiger partial charge in [0.05, 0.1) is 14.2 Å². The Balaban J connectivity index is 2.42. The highest BCUT2D eigenvalue weighted by atomic mass is 16.5. The molecule has 2 aromatic carbocycles. The van der Waals surface area contributed by atoms with E-state index in [1.54, 1.807) is 7.11 Å². The molecule has 0 aliphatic carbocycles. The third-order valence-corrected chi connectivity index (χ3v) is 2.79. The smallest absolute Gasteiger partial charge is 0.317 e. The fourth-order valence-electron chi connectivity index (χ4n) is 1.84.